The van der Waals surface area contributed by atoms with Gasteiger partial charge in [-0.25, -0.2) is 18.0 Å². The second-order valence-corrected chi connectivity index (χ2v) is 14.7. The van der Waals surface area contributed by atoms with Crippen molar-refractivity contribution in [1.29, 1.82) is 5.26 Å². The third-order valence-corrected chi connectivity index (χ3v) is 10.4. The molecule has 1 N–H and O–H groups in total. The molecule has 1 amide bonds. The van der Waals surface area contributed by atoms with Crippen molar-refractivity contribution in [2.75, 3.05) is 43.0 Å². The van der Waals surface area contributed by atoms with Crippen molar-refractivity contribution < 1.29 is 27.4 Å². The minimum atomic E-state index is -0.932. The van der Waals surface area contributed by atoms with Crippen LogP contribution in [0.5, 0.6) is 6.01 Å². The zero-order chi connectivity index (χ0) is 33.2. The Morgan fingerprint density at radius 1 is 1.23 bits per heavy atom. The Bertz CT molecular complexity index is 1970. The lowest BCUT2D eigenvalue weighted by Crippen LogP contribution is -2.43. The molecule has 0 unspecified atom stereocenters. The van der Waals surface area contributed by atoms with Gasteiger partial charge in [0.1, 0.15) is 46.6 Å². The van der Waals surface area contributed by atoms with E-state index in [1.165, 1.54) is 12.1 Å². The number of fused-ring (bicyclic) bond motifs is 3. The molecular formula is C33H32ClF3N6O3S. The van der Waals surface area contributed by atoms with Crippen LogP contribution in [0.2, 0.25) is 5.02 Å². The molecule has 3 aliphatic rings. The second kappa shape index (κ2) is 11.7. The van der Waals surface area contributed by atoms with Crippen LogP contribution in [-0.2, 0) is 4.74 Å². The molecule has 47 heavy (non-hydrogen) atoms. The highest BCUT2D eigenvalue weighted by Gasteiger charge is 2.49. The van der Waals surface area contributed by atoms with E-state index in [1.54, 1.807) is 26.8 Å². The molecule has 246 valence electrons. The zero-order valence-electron chi connectivity index (χ0n) is 26.1. The van der Waals surface area contributed by atoms with Crippen molar-refractivity contribution in [3.05, 3.63) is 40.4 Å². The van der Waals surface area contributed by atoms with Gasteiger partial charge in [-0.1, -0.05) is 17.7 Å². The minimum Gasteiger partial charge on any atom is -0.461 e. The first-order valence-corrected chi connectivity index (χ1v) is 16.7. The molecule has 3 aliphatic heterocycles. The van der Waals surface area contributed by atoms with Gasteiger partial charge in [0.05, 0.1) is 20.8 Å². The van der Waals surface area contributed by atoms with E-state index in [1.807, 2.05) is 11.0 Å². The molecule has 4 aromatic rings. The molecule has 5 heterocycles. The van der Waals surface area contributed by atoms with Gasteiger partial charge in [0.25, 0.3) is 0 Å². The number of hydrogen-bond acceptors (Lipinski definition) is 9. The van der Waals surface area contributed by atoms with E-state index in [-0.39, 0.29) is 54.9 Å². The first kappa shape index (κ1) is 31.7. The highest BCUT2D eigenvalue weighted by Crippen LogP contribution is 2.47. The fourth-order valence-corrected chi connectivity index (χ4v) is 8.22. The number of rotatable bonds is 6. The number of carbonyl (C=O) groups excluding carboxylic acids is 1. The Morgan fingerprint density at radius 2 is 2.02 bits per heavy atom. The van der Waals surface area contributed by atoms with E-state index < -0.39 is 35.0 Å². The van der Waals surface area contributed by atoms with Gasteiger partial charge in [-0.05, 0) is 64.3 Å². The van der Waals surface area contributed by atoms with Crippen LogP contribution in [0.1, 0.15) is 52.0 Å². The van der Waals surface area contributed by atoms with Crippen LogP contribution >= 0.6 is 22.9 Å². The molecule has 0 bridgehead atoms. The van der Waals surface area contributed by atoms with Crippen LogP contribution in [0.15, 0.2) is 18.2 Å². The van der Waals surface area contributed by atoms with Gasteiger partial charge < -0.3 is 14.4 Å². The van der Waals surface area contributed by atoms with Gasteiger partial charge in [-0.2, -0.15) is 15.2 Å². The molecule has 0 aliphatic carbocycles. The quantitative estimate of drug-likeness (QED) is 0.219. The molecular weight excluding hydrogens is 653 g/mol. The van der Waals surface area contributed by atoms with Gasteiger partial charge in [-0.3, -0.25) is 10.2 Å². The summed E-state index contributed by atoms with van der Waals surface area (Å²) in [6.07, 6.45) is 1.28. The molecule has 3 fully saturated rings. The number of halogens is 4. The van der Waals surface area contributed by atoms with Crippen LogP contribution in [0, 0.1) is 23.0 Å². The number of aromatic nitrogens is 2. The van der Waals surface area contributed by atoms with E-state index in [0.717, 1.165) is 37.1 Å². The van der Waals surface area contributed by atoms with Crippen molar-refractivity contribution in [1.82, 2.24) is 14.9 Å². The van der Waals surface area contributed by atoms with E-state index >= 15 is 8.78 Å². The summed E-state index contributed by atoms with van der Waals surface area (Å²) in [6, 6.07) is 6.10. The average Bonchev–Trinajstić information content (AvgIpc) is 3.61. The monoisotopic (exact) mass is 684 g/mol. The molecule has 9 nitrogen and oxygen atoms in total. The average molecular weight is 685 g/mol. The molecule has 7 rings (SSSR count). The maximum Gasteiger partial charge on any atom is 0.412 e. The van der Waals surface area contributed by atoms with Crippen LogP contribution in [-0.4, -0.2) is 71.1 Å². The molecule has 0 spiro atoms. The van der Waals surface area contributed by atoms with Crippen molar-refractivity contribution >= 4 is 60.8 Å². The van der Waals surface area contributed by atoms with Gasteiger partial charge in [-0.15, -0.1) is 11.3 Å². The summed E-state index contributed by atoms with van der Waals surface area (Å²) < 4.78 is 58.0. The van der Waals surface area contributed by atoms with Crippen LogP contribution in [0.3, 0.4) is 0 Å². The lowest BCUT2D eigenvalue weighted by molar-refractivity contribution is 0.0636. The SMILES string of the molecule is CC(C)(C)OC(=O)Nc1sc2c(F)ccc(-c3c(Cl)cc4c(N5CCC5)nc(OC[C@@]56CCCN5C[C@H](F)C6)nc4c3F)c2c1C#N. The van der Waals surface area contributed by atoms with Gasteiger partial charge in [0, 0.05) is 42.4 Å². The van der Waals surface area contributed by atoms with Gasteiger partial charge in [0.2, 0.25) is 0 Å². The summed E-state index contributed by atoms with van der Waals surface area (Å²) in [5.74, 6) is -0.974. The lowest BCUT2D eigenvalue weighted by Gasteiger charge is -2.33. The molecule has 0 saturated carbocycles. The summed E-state index contributed by atoms with van der Waals surface area (Å²) in [5, 5.41) is 13.3. The number of carbonyl (C=O) groups is 1. The minimum absolute atomic E-state index is 0.0131. The number of hydrogen-bond donors (Lipinski definition) is 1. The van der Waals surface area contributed by atoms with Crippen molar-refractivity contribution in [3.63, 3.8) is 0 Å². The third-order valence-electron chi connectivity index (χ3n) is 9.02. The molecule has 2 aromatic carbocycles. The molecule has 2 aromatic heterocycles. The van der Waals surface area contributed by atoms with E-state index in [4.69, 9.17) is 21.1 Å². The number of ether oxygens (including phenoxy) is 2. The maximum absolute atomic E-state index is 16.9. The van der Waals surface area contributed by atoms with Gasteiger partial charge >= 0.3 is 12.1 Å². The fourth-order valence-electron chi connectivity index (χ4n) is 6.86. The Morgan fingerprint density at radius 3 is 2.72 bits per heavy atom. The van der Waals surface area contributed by atoms with E-state index in [2.05, 4.69) is 20.2 Å². The molecule has 2 atom stereocenters. The van der Waals surface area contributed by atoms with Crippen LogP contribution < -0.4 is 15.0 Å². The molecule has 0 radical (unpaired) electrons. The van der Waals surface area contributed by atoms with E-state index in [0.29, 0.717) is 37.3 Å². The van der Waals surface area contributed by atoms with E-state index in [9.17, 15) is 14.4 Å². The summed E-state index contributed by atoms with van der Waals surface area (Å²) in [4.78, 5) is 25.8. The number of benzene rings is 2. The Balaban J connectivity index is 1.34. The second-order valence-electron chi connectivity index (χ2n) is 13.3. The number of nitrogens with zero attached hydrogens (tertiary/aromatic N) is 5. The highest BCUT2D eigenvalue weighted by molar-refractivity contribution is 7.23. The number of amides is 1. The largest absolute Gasteiger partial charge is 0.461 e. The first-order chi connectivity index (χ1) is 22.4. The fraction of sp³-hybridized carbons (Fsp3) is 0.455. The summed E-state index contributed by atoms with van der Waals surface area (Å²) in [7, 11) is 0. The third kappa shape index (κ3) is 5.60. The number of alkyl halides is 1. The highest BCUT2D eigenvalue weighted by atomic mass is 35.5. The Kier molecular flexibility index (Phi) is 7.88. The van der Waals surface area contributed by atoms with Crippen molar-refractivity contribution in [2.45, 2.75) is 63.8 Å². The standard InChI is InChI=1S/C33H32ClF3N6O3S/c1-32(2,3)46-31(44)41-29-20(14-38)23-18(6-7-22(36)27(23)47-29)24-21(34)12-19-26(25(24)37)39-30(40-28(19)42-9-5-10-42)45-16-33-8-4-11-43(33)15-17(35)13-33/h6-7,12,17H,4-5,8-11,13,15-16H2,1-3H3,(H,41,44)/t17-,33+/m1/s1. The predicted molar refractivity (Wildman–Crippen MR) is 175 cm³/mol. The van der Waals surface area contributed by atoms with Crippen LogP contribution in [0.25, 0.3) is 32.1 Å². The number of nitrogens with one attached hydrogen (secondary N) is 1. The lowest BCUT2D eigenvalue weighted by atomic mass is 9.95. The molecule has 3 saturated heterocycles. The summed E-state index contributed by atoms with van der Waals surface area (Å²) >= 11 is 7.63. The summed E-state index contributed by atoms with van der Waals surface area (Å²) in [6.45, 7) is 7.83. The maximum atomic E-state index is 16.9. The van der Waals surface area contributed by atoms with Crippen molar-refractivity contribution in [2.24, 2.45) is 0 Å². The van der Waals surface area contributed by atoms with Crippen molar-refractivity contribution in [3.8, 4) is 23.2 Å². The Hall–Kier alpha value is -3.86. The number of thiophene rings is 1. The Labute approximate surface area is 278 Å². The summed E-state index contributed by atoms with van der Waals surface area (Å²) in [5.41, 5.74) is -1.30. The topological polar surface area (TPSA) is 104 Å². The number of nitriles is 1. The first-order valence-electron chi connectivity index (χ1n) is 15.5. The normalized spacial score (nSPS) is 21.1. The van der Waals surface area contributed by atoms with Crippen LogP contribution in [0.4, 0.5) is 28.8 Å². The zero-order valence-corrected chi connectivity index (χ0v) is 27.6. The molecule has 14 heteroatoms. The van der Waals surface area contributed by atoms with Gasteiger partial charge in [0.15, 0.2) is 5.82 Å². The number of anilines is 2. The smallest absolute Gasteiger partial charge is 0.412 e. The predicted octanol–water partition coefficient (Wildman–Crippen LogP) is 7.83.